The average Bonchev–Trinajstić information content (AvgIpc) is 2.48. The fourth-order valence-electron chi connectivity index (χ4n) is 3.15. The minimum Gasteiger partial charge on any atom is -0.495 e. The lowest BCUT2D eigenvalue weighted by molar-refractivity contribution is 0.101. The third-order valence-electron chi connectivity index (χ3n) is 4.45. The number of nitrogens with two attached hydrogens (primary N) is 1. The van der Waals surface area contributed by atoms with Crippen molar-refractivity contribution < 1.29 is 4.74 Å². The Labute approximate surface area is 132 Å². The lowest BCUT2D eigenvalue weighted by Gasteiger charge is -2.40. The lowest BCUT2D eigenvalue weighted by atomic mass is 9.99. The summed E-state index contributed by atoms with van der Waals surface area (Å²) in [7, 11) is 5.98. The van der Waals surface area contributed by atoms with Crippen LogP contribution < -0.4 is 10.5 Å². The summed E-state index contributed by atoms with van der Waals surface area (Å²) in [6.07, 6.45) is 2.47. The van der Waals surface area contributed by atoms with E-state index in [1.165, 1.54) is 19.4 Å². The molecule has 0 amide bonds. The summed E-state index contributed by atoms with van der Waals surface area (Å²) < 4.78 is 5.22. The first-order chi connectivity index (χ1) is 10.1. The van der Waals surface area contributed by atoms with Crippen LogP contribution in [-0.4, -0.2) is 56.7 Å². The van der Waals surface area contributed by atoms with Gasteiger partial charge in [0.05, 0.1) is 12.1 Å². The maximum atomic E-state index is 6.25. The average molecular weight is 312 g/mol. The molecular formula is C16H26ClN3O. The molecule has 2 N–H and O–H groups in total. The van der Waals surface area contributed by atoms with Crippen molar-refractivity contribution in [1.82, 2.24) is 9.80 Å². The van der Waals surface area contributed by atoms with Crippen molar-refractivity contribution in [2.75, 3.05) is 40.8 Å². The second-order valence-corrected chi connectivity index (χ2v) is 6.28. The van der Waals surface area contributed by atoms with Crippen molar-refractivity contribution in [3.63, 3.8) is 0 Å². The van der Waals surface area contributed by atoms with Crippen LogP contribution in [0.15, 0.2) is 18.2 Å². The van der Waals surface area contributed by atoms with E-state index in [9.17, 15) is 0 Å². The van der Waals surface area contributed by atoms with Crippen LogP contribution in [0.3, 0.4) is 0 Å². The molecule has 1 aromatic rings. The molecule has 118 valence electrons. The van der Waals surface area contributed by atoms with Crippen LogP contribution in [0.4, 0.5) is 0 Å². The van der Waals surface area contributed by atoms with Crippen molar-refractivity contribution in [2.45, 2.75) is 24.9 Å². The zero-order valence-electron chi connectivity index (χ0n) is 13.2. The Kier molecular flexibility index (Phi) is 5.88. The lowest BCUT2D eigenvalue weighted by Crippen LogP contribution is -2.47. The zero-order chi connectivity index (χ0) is 15.4. The van der Waals surface area contributed by atoms with E-state index < -0.39 is 0 Å². The number of methoxy groups -OCH3 is 1. The Morgan fingerprint density at radius 1 is 1.52 bits per heavy atom. The van der Waals surface area contributed by atoms with E-state index in [4.69, 9.17) is 22.1 Å². The first-order valence-corrected chi connectivity index (χ1v) is 7.88. The van der Waals surface area contributed by atoms with Gasteiger partial charge in [0.2, 0.25) is 0 Å². The van der Waals surface area contributed by atoms with E-state index in [1.807, 2.05) is 12.1 Å². The van der Waals surface area contributed by atoms with Gasteiger partial charge in [-0.3, -0.25) is 4.90 Å². The molecule has 4 nitrogen and oxygen atoms in total. The predicted octanol–water partition coefficient (Wildman–Crippen LogP) is 2.37. The van der Waals surface area contributed by atoms with Crippen LogP contribution in [0.5, 0.6) is 5.75 Å². The summed E-state index contributed by atoms with van der Waals surface area (Å²) >= 11 is 6.25. The van der Waals surface area contributed by atoms with Crippen LogP contribution in [0.1, 0.15) is 24.4 Å². The molecule has 0 bridgehead atoms. The number of benzene rings is 1. The van der Waals surface area contributed by atoms with Gasteiger partial charge >= 0.3 is 0 Å². The highest BCUT2D eigenvalue weighted by Crippen LogP contribution is 2.30. The largest absolute Gasteiger partial charge is 0.495 e. The van der Waals surface area contributed by atoms with E-state index in [1.54, 1.807) is 7.11 Å². The number of rotatable bonds is 5. The van der Waals surface area contributed by atoms with E-state index in [0.29, 0.717) is 23.4 Å². The quantitative estimate of drug-likeness (QED) is 0.906. The highest BCUT2D eigenvalue weighted by molar-refractivity contribution is 6.32. The number of ether oxygens (including phenoxy) is 1. The summed E-state index contributed by atoms with van der Waals surface area (Å²) in [5, 5.41) is 0.641. The Bertz CT molecular complexity index is 469. The number of halogens is 1. The zero-order valence-corrected chi connectivity index (χ0v) is 13.9. The molecule has 2 atom stereocenters. The van der Waals surface area contributed by atoms with Gasteiger partial charge in [0.15, 0.2) is 0 Å². The van der Waals surface area contributed by atoms with Crippen molar-refractivity contribution in [1.29, 1.82) is 0 Å². The number of hydrogen-bond donors (Lipinski definition) is 1. The van der Waals surface area contributed by atoms with E-state index in [0.717, 1.165) is 12.1 Å². The van der Waals surface area contributed by atoms with E-state index in [-0.39, 0.29) is 6.04 Å². The van der Waals surface area contributed by atoms with Gasteiger partial charge in [-0.2, -0.15) is 0 Å². The van der Waals surface area contributed by atoms with Gasteiger partial charge in [0, 0.05) is 25.2 Å². The second kappa shape index (κ2) is 7.45. The highest BCUT2D eigenvalue weighted by Gasteiger charge is 2.27. The van der Waals surface area contributed by atoms with Crippen molar-refractivity contribution >= 4 is 11.6 Å². The highest BCUT2D eigenvalue weighted by atomic mass is 35.5. The maximum absolute atomic E-state index is 6.25. The van der Waals surface area contributed by atoms with Gasteiger partial charge in [-0.25, -0.2) is 0 Å². The summed E-state index contributed by atoms with van der Waals surface area (Å²) in [5.74, 6) is 0.705. The van der Waals surface area contributed by atoms with Crippen LogP contribution >= 0.6 is 11.6 Å². The van der Waals surface area contributed by atoms with Crippen LogP contribution in [0.25, 0.3) is 0 Å². The molecule has 0 saturated carbocycles. The number of piperidine rings is 1. The monoisotopic (exact) mass is 311 g/mol. The topological polar surface area (TPSA) is 41.7 Å². The first kappa shape index (κ1) is 16.6. The van der Waals surface area contributed by atoms with E-state index >= 15 is 0 Å². The fraction of sp³-hybridized carbons (Fsp3) is 0.625. The molecule has 2 rings (SSSR count). The third-order valence-corrected chi connectivity index (χ3v) is 4.75. The molecule has 1 aliphatic heterocycles. The van der Waals surface area contributed by atoms with Crippen LogP contribution in [-0.2, 0) is 0 Å². The molecule has 2 unspecified atom stereocenters. The van der Waals surface area contributed by atoms with Gasteiger partial charge in [0.1, 0.15) is 5.75 Å². The Hall–Kier alpha value is -0.810. The maximum Gasteiger partial charge on any atom is 0.137 e. The van der Waals surface area contributed by atoms with Gasteiger partial charge in [-0.1, -0.05) is 17.7 Å². The van der Waals surface area contributed by atoms with Crippen molar-refractivity contribution in [2.24, 2.45) is 5.73 Å². The SMILES string of the molecule is COc1ccc(C(CN)N(C)C2CCCN(C)C2)cc1Cl. The van der Waals surface area contributed by atoms with Crippen molar-refractivity contribution in [3.05, 3.63) is 28.8 Å². The smallest absolute Gasteiger partial charge is 0.137 e. The molecule has 1 heterocycles. The van der Waals surface area contributed by atoms with E-state index in [2.05, 4.69) is 30.0 Å². The van der Waals surface area contributed by atoms with Gasteiger partial charge < -0.3 is 15.4 Å². The standard InChI is InChI=1S/C16H26ClN3O/c1-19-8-4-5-13(11-19)20(2)15(10-18)12-6-7-16(21-3)14(17)9-12/h6-7,9,13,15H,4-5,8,10-11,18H2,1-3H3. The molecule has 21 heavy (non-hydrogen) atoms. The van der Waals surface area contributed by atoms with Gasteiger partial charge in [-0.05, 0) is 51.2 Å². The minimum absolute atomic E-state index is 0.185. The molecule has 0 aliphatic carbocycles. The van der Waals surface area contributed by atoms with Gasteiger partial charge in [0.25, 0.3) is 0 Å². The summed E-state index contributed by atoms with van der Waals surface area (Å²) in [6, 6.07) is 6.68. The van der Waals surface area contributed by atoms with Crippen LogP contribution in [0.2, 0.25) is 5.02 Å². The first-order valence-electron chi connectivity index (χ1n) is 7.50. The molecule has 1 saturated heterocycles. The molecular weight excluding hydrogens is 286 g/mol. The third kappa shape index (κ3) is 3.89. The molecule has 5 heteroatoms. The Morgan fingerprint density at radius 3 is 2.86 bits per heavy atom. The van der Waals surface area contributed by atoms with Crippen LogP contribution in [0, 0.1) is 0 Å². The summed E-state index contributed by atoms with van der Waals surface area (Å²) in [4.78, 5) is 4.78. The molecule has 0 aromatic heterocycles. The van der Waals surface area contributed by atoms with Gasteiger partial charge in [-0.15, -0.1) is 0 Å². The number of nitrogens with zero attached hydrogens (tertiary/aromatic N) is 2. The Balaban J connectivity index is 2.16. The molecule has 1 aliphatic rings. The second-order valence-electron chi connectivity index (χ2n) is 5.87. The molecule has 0 spiro atoms. The normalized spacial score (nSPS) is 21.5. The summed E-state index contributed by atoms with van der Waals surface area (Å²) in [6.45, 7) is 2.86. The van der Waals surface area contributed by atoms with Crippen molar-refractivity contribution in [3.8, 4) is 5.75 Å². The minimum atomic E-state index is 0.185. The number of likely N-dealkylation sites (N-methyl/N-ethyl adjacent to an activating group) is 2. The molecule has 1 fully saturated rings. The Morgan fingerprint density at radius 2 is 2.29 bits per heavy atom. The molecule has 0 radical (unpaired) electrons. The fourth-order valence-corrected chi connectivity index (χ4v) is 3.42. The summed E-state index contributed by atoms with van der Waals surface area (Å²) in [5.41, 5.74) is 7.19. The number of hydrogen-bond acceptors (Lipinski definition) is 4. The number of likely N-dealkylation sites (tertiary alicyclic amines) is 1. The molecule has 1 aromatic carbocycles. The predicted molar refractivity (Wildman–Crippen MR) is 88.1 cm³/mol.